The van der Waals surface area contributed by atoms with E-state index < -0.39 is 0 Å². The summed E-state index contributed by atoms with van der Waals surface area (Å²) in [5, 5.41) is 0. The van der Waals surface area contributed by atoms with Gasteiger partial charge in [-0.2, -0.15) is 0 Å². The Bertz CT molecular complexity index is 298. The van der Waals surface area contributed by atoms with Gasteiger partial charge in [-0.25, -0.2) is 0 Å². The number of nitrogens with two attached hydrogens (primary N) is 1. The van der Waals surface area contributed by atoms with E-state index >= 15 is 0 Å². The summed E-state index contributed by atoms with van der Waals surface area (Å²) in [6.45, 7) is 1.36. The minimum absolute atomic E-state index is 0.0306. The first kappa shape index (κ1) is 11.6. The second-order valence-corrected chi connectivity index (χ2v) is 4.46. The monoisotopic (exact) mass is 220 g/mol. The molecule has 0 spiro atoms. The number of hydrogen-bond acceptors (Lipinski definition) is 3. The van der Waals surface area contributed by atoms with Crippen LogP contribution in [0.1, 0.15) is 37.4 Å². The summed E-state index contributed by atoms with van der Waals surface area (Å²) in [6, 6.07) is 3.95. The number of aromatic nitrogens is 1. The van der Waals surface area contributed by atoms with Crippen molar-refractivity contribution < 1.29 is 4.74 Å². The lowest BCUT2D eigenvalue weighted by molar-refractivity contribution is 0.0423. The third-order valence-corrected chi connectivity index (χ3v) is 3.36. The lowest BCUT2D eigenvalue weighted by Crippen LogP contribution is -2.19. The van der Waals surface area contributed by atoms with E-state index in [1.807, 2.05) is 12.1 Å². The third-order valence-electron chi connectivity index (χ3n) is 3.36. The molecule has 1 unspecified atom stereocenters. The second-order valence-electron chi connectivity index (χ2n) is 4.46. The molecule has 1 atom stereocenters. The molecule has 1 aromatic heterocycles. The number of nitrogens with zero attached hydrogens (tertiary/aromatic N) is 1. The van der Waals surface area contributed by atoms with Crippen LogP contribution < -0.4 is 5.73 Å². The zero-order valence-electron chi connectivity index (χ0n) is 9.64. The van der Waals surface area contributed by atoms with Crippen LogP contribution in [0.15, 0.2) is 24.5 Å². The Hall–Kier alpha value is -0.930. The van der Waals surface area contributed by atoms with Gasteiger partial charge in [-0.1, -0.05) is 19.3 Å². The molecule has 1 fully saturated rings. The van der Waals surface area contributed by atoms with Crippen molar-refractivity contribution in [3.8, 4) is 0 Å². The van der Waals surface area contributed by atoms with Crippen LogP contribution in [0.2, 0.25) is 0 Å². The lowest BCUT2D eigenvalue weighted by atomic mass is 9.83. The third kappa shape index (κ3) is 3.03. The fourth-order valence-corrected chi connectivity index (χ4v) is 2.04. The van der Waals surface area contributed by atoms with Crippen LogP contribution in [0.3, 0.4) is 0 Å². The molecule has 1 aromatic rings. The summed E-state index contributed by atoms with van der Waals surface area (Å²) < 4.78 is 5.83. The van der Waals surface area contributed by atoms with E-state index in [-0.39, 0.29) is 6.10 Å². The van der Waals surface area contributed by atoms with Gasteiger partial charge in [-0.3, -0.25) is 4.98 Å². The predicted octanol–water partition coefficient (Wildman–Crippen LogP) is 2.29. The molecular formula is C13H20N2O. The maximum absolute atomic E-state index is 5.83. The minimum atomic E-state index is 0.0306. The molecule has 0 radical (unpaired) electrons. The van der Waals surface area contributed by atoms with Crippen LogP contribution in [-0.4, -0.2) is 18.1 Å². The van der Waals surface area contributed by atoms with Gasteiger partial charge in [0.2, 0.25) is 0 Å². The number of rotatable bonds is 6. The summed E-state index contributed by atoms with van der Waals surface area (Å²) in [6.07, 6.45) is 8.94. The Morgan fingerprint density at radius 2 is 2.12 bits per heavy atom. The number of hydrogen-bond donors (Lipinski definition) is 1. The van der Waals surface area contributed by atoms with Gasteiger partial charge in [-0.05, 0) is 30.0 Å². The zero-order valence-corrected chi connectivity index (χ0v) is 9.64. The molecule has 3 heteroatoms. The molecule has 3 nitrogen and oxygen atoms in total. The largest absolute Gasteiger partial charge is 0.372 e. The predicted molar refractivity (Wildman–Crippen MR) is 63.9 cm³/mol. The molecular weight excluding hydrogens is 200 g/mol. The molecule has 0 aliphatic heterocycles. The smallest absolute Gasteiger partial charge is 0.0948 e. The van der Waals surface area contributed by atoms with Gasteiger partial charge >= 0.3 is 0 Å². The van der Waals surface area contributed by atoms with Crippen molar-refractivity contribution in [1.82, 2.24) is 4.98 Å². The number of pyridine rings is 1. The molecule has 0 bridgehead atoms. The average Bonchev–Trinajstić information content (AvgIpc) is 2.28. The van der Waals surface area contributed by atoms with E-state index in [0.717, 1.165) is 18.1 Å². The van der Waals surface area contributed by atoms with Crippen LogP contribution in [0.5, 0.6) is 0 Å². The van der Waals surface area contributed by atoms with Gasteiger partial charge in [0.25, 0.3) is 0 Å². The van der Waals surface area contributed by atoms with Gasteiger partial charge in [0.05, 0.1) is 6.10 Å². The summed E-state index contributed by atoms with van der Waals surface area (Å²) in [5.74, 6) is 0.899. The van der Waals surface area contributed by atoms with E-state index in [9.17, 15) is 0 Å². The van der Waals surface area contributed by atoms with Gasteiger partial charge in [0, 0.05) is 25.5 Å². The van der Waals surface area contributed by atoms with Gasteiger partial charge < -0.3 is 10.5 Å². The van der Waals surface area contributed by atoms with Crippen molar-refractivity contribution in [3.63, 3.8) is 0 Å². The Balaban J connectivity index is 1.76. The maximum atomic E-state index is 5.83. The molecule has 1 aliphatic rings. The maximum Gasteiger partial charge on any atom is 0.0948 e. The van der Waals surface area contributed by atoms with E-state index in [0.29, 0.717) is 6.54 Å². The molecule has 16 heavy (non-hydrogen) atoms. The highest BCUT2D eigenvalue weighted by Gasteiger charge is 2.18. The fourth-order valence-electron chi connectivity index (χ4n) is 2.04. The highest BCUT2D eigenvalue weighted by Crippen LogP contribution is 2.29. The van der Waals surface area contributed by atoms with Gasteiger partial charge in [0.15, 0.2) is 0 Å². The van der Waals surface area contributed by atoms with Crippen molar-refractivity contribution in [2.75, 3.05) is 13.2 Å². The molecule has 1 heterocycles. The molecule has 1 aliphatic carbocycles. The van der Waals surface area contributed by atoms with Crippen LogP contribution in [-0.2, 0) is 4.74 Å². The quantitative estimate of drug-likeness (QED) is 0.800. The molecule has 1 saturated carbocycles. The Kier molecular flexibility index (Phi) is 4.31. The van der Waals surface area contributed by atoms with Crippen LogP contribution in [0.25, 0.3) is 0 Å². The van der Waals surface area contributed by atoms with Crippen LogP contribution >= 0.6 is 0 Å². The topological polar surface area (TPSA) is 48.1 Å². The lowest BCUT2D eigenvalue weighted by Gasteiger charge is -2.26. The standard InChI is InChI=1S/C13H20N2O/c14-10-13(12-4-7-15-8-5-12)16-9-6-11-2-1-3-11/h4-5,7-8,11,13H,1-3,6,9-10,14H2. The summed E-state index contributed by atoms with van der Waals surface area (Å²) in [4.78, 5) is 4.00. The van der Waals surface area contributed by atoms with E-state index in [4.69, 9.17) is 10.5 Å². The molecule has 2 rings (SSSR count). The Morgan fingerprint density at radius 1 is 1.38 bits per heavy atom. The minimum Gasteiger partial charge on any atom is -0.372 e. The van der Waals surface area contributed by atoms with Crippen LogP contribution in [0, 0.1) is 5.92 Å². The molecule has 88 valence electrons. The molecule has 2 N–H and O–H groups in total. The highest BCUT2D eigenvalue weighted by atomic mass is 16.5. The SMILES string of the molecule is NCC(OCCC1CCC1)c1ccncc1. The first-order valence-electron chi connectivity index (χ1n) is 6.11. The Morgan fingerprint density at radius 3 is 2.69 bits per heavy atom. The summed E-state index contributed by atoms with van der Waals surface area (Å²) >= 11 is 0. The fraction of sp³-hybridized carbons (Fsp3) is 0.615. The molecule has 0 saturated heterocycles. The van der Waals surface area contributed by atoms with Crippen LogP contribution in [0.4, 0.5) is 0 Å². The normalized spacial score (nSPS) is 18.1. The summed E-state index contributed by atoms with van der Waals surface area (Å²) in [5.41, 5.74) is 6.85. The van der Waals surface area contributed by atoms with Crippen molar-refractivity contribution in [2.24, 2.45) is 11.7 Å². The molecule has 0 aromatic carbocycles. The van der Waals surface area contributed by atoms with Gasteiger partial charge in [0.1, 0.15) is 0 Å². The number of ether oxygens (including phenoxy) is 1. The van der Waals surface area contributed by atoms with Crippen molar-refractivity contribution in [3.05, 3.63) is 30.1 Å². The van der Waals surface area contributed by atoms with E-state index in [1.54, 1.807) is 12.4 Å². The zero-order chi connectivity index (χ0) is 11.2. The van der Waals surface area contributed by atoms with Crippen molar-refractivity contribution in [1.29, 1.82) is 0 Å². The summed E-state index contributed by atoms with van der Waals surface area (Å²) in [7, 11) is 0. The van der Waals surface area contributed by atoms with Crippen molar-refractivity contribution in [2.45, 2.75) is 31.8 Å². The van der Waals surface area contributed by atoms with Gasteiger partial charge in [-0.15, -0.1) is 0 Å². The first-order chi connectivity index (χ1) is 7.90. The van der Waals surface area contributed by atoms with E-state index in [1.165, 1.54) is 25.7 Å². The second kappa shape index (κ2) is 5.97. The molecule has 0 amide bonds. The average molecular weight is 220 g/mol. The van der Waals surface area contributed by atoms with Crippen molar-refractivity contribution >= 4 is 0 Å². The Labute approximate surface area is 97.0 Å². The van der Waals surface area contributed by atoms with E-state index in [2.05, 4.69) is 4.98 Å². The first-order valence-corrected chi connectivity index (χ1v) is 6.11. The highest BCUT2D eigenvalue weighted by molar-refractivity contribution is 5.13.